The molecule has 4 aliphatic rings. The second-order valence-corrected chi connectivity index (χ2v) is 13.4. The Morgan fingerprint density at radius 1 is 1.06 bits per heavy atom. The standard InChI is InChI=1S/C37H51N3O8/c1-4-15-25(2)39-21-13-8-11-18-29(42)38-27(24-46-3)32(26-16-9-7-10-17-26)47-36(45)30-28-19-20-37(48-28)31(30)34(43)40(33(37)35(39)44)22-12-5-6-14-23-41/h7-10,13,16-17,19-20,25,27-28,30-33,41H,4-6,11-12,14-15,18,21-24H2,1-3H3,(H,38,42)/b13-8-/t25?,27-,28+,30-,31-,32-,33+,37-/m1/s1. The van der Waals surface area contributed by atoms with Crippen LogP contribution in [0.1, 0.15) is 76.9 Å². The van der Waals surface area contributed by atoms with Gasteiger partial charge >= 0.3 is 5.97 Å². The number of hydrogen-bond acceptors (Lipinski definition) is 8. The largest absolute Gasteiger partial charge is 0.455 e. The van der Waals surface area contributed by atoms with Crippen molar-refractivity contribution in [1.29, 1.82) is 0 Å². The lowest BCUT2D eigenvalue weighted by molar-refractivity contribution is -0.162. The Labute approximate surface area is 283 Å². The molecule has 11 heteroatoms. The highest BCUT2D eigenvalue weighted by Gasteiger charge is 2.73. The maximum absolute atomic E-state index is 14.8. The van der Waals surface area contributed by atoms with Crippen molar-refractivity contribution in [2.75, 3.05) is 33.4 Å². The molecule has 2 fully saturated rings. The van der Waals surface area contributed by atoms with Crippen LogP contribution in [0.25, 0.3) is 0 Å². The number of likely N-dealkylation sites (tertiary alicyclic amines) is 1. The molecule has 48 heavy (non-hydrogen) atoms. The van der Waals surface area contributed by atoms with E-state index < -0.39 is 47.7 Å². The van der Waals surface area contributed by atoms with Crippen LogP contribution in [0.4, 0.5) is 0 Å². The lowest BCUT2D eigenvalue weighted by Gasteiger charge is -2.38. The summed E-state index contributed by atoms with van der Waals surface area (Å²) >= 11 is 0. The summed E-state index contributed by atoms with van der Waals surface area (Å²) in [5.41, 5.74) is -0.631. The van der Waals surface area contributed by atoms with Crippen molar-refractivity contribution < 1.29 is 38.5 Å². The summed E-state index contributed by atoms with van der Waals surface area (Å²) in [7, 11) is 1.53. The van der Waals surface area contributed by atoms with Gasteiger partial charge in [0.15, 0.2) is 0 Å². The monoisotopic (exact) mass is 665 g/mol. The first-order valence-corrected chi connectivity index (χ1v) is 17.5. The van der Waals surface area contributed by atoms with Crippen LogP contribution < -0.4 is 5.32 Å². The van der Waals surface area contributed by atoms with Crippen LogP contribution in [-0.2, 0) is 33.4 Å². The van der Waals surface area contributed by atoms with E-state index in [0.29, 0.717) is 37.9 Å². The number of fused-ring (bicyclic) bond motifs is 2. The third-order valence-electron chi connectivity index (χ3n) is 10.1. The summed E-state index contributed by atoms with van der Waals surface area (Å²) < 4.78 is 18.4. The molecule has 2 saturated heterocycles. The molecule has 262 valence electrons. The van der Waals surface area contributed by atoms with E-state index in [1.807, 2.05) is 60.4 Å². The minimum atomic E-state index is -1.31. The zero-order valence-corrected chi connectivity index (χ0v) is 28.4. The SMILES string of the molecule is CCCC(C)N1C/C=C\CCC(=O)N[C@H](COC)[C@@H](c2ccccc2)OC(=O)[C@@H]2[C@@H]3C=C[C@]4(O3)[C@H](C1=O)N(CCCCCCO)C(=O)[C@@H]24. The third kappa shape index (κ3) is 7.23. The Kier molecular flexibility index (Phi) is 12.1. The van der Waals surface area contributed by atoms with Gasteiger partial charge in [-0.1, -0.05) is 80.8 Å². The van der Waals surface area contributed by atoms with E-state index in [0.717, 1.165) is 25.7 Å². The van der Waals surface area contributed by atoms with Gasteiger partial charge in [-0.05, 0) is 38.2 Å². The summed E-state index contributed by atoms with van der Waals surface area (Å²) in [6, 6.07) is 7.45. The van der Waals surface area contributed by atoms with Crippen molar-refractivity contribution in [1.82, 2.24) is 15.1 Å². The number of nitrogens with one attached hydrogen (secondary N) is 1. The van der Waals surface area contributed by atoms with Gasteiger partial charge in [0, 0.05) is 39.3 Å². The van der Waals surface area contributed by atoms with Crippen molar-refractivity contribution in [3.05, 3.63) is 60.2 Å². The average Bonchev–Trinajstić information content (AvgIpc) is 3.72. The second kappa shape index (κ2) is 16.2. The number of benzene rings is 1. The van der Waals surface area contributed by atoms with Gasteiger partial charge in [-0.2, -0.15) is 0 Å². The van der Waals surface area contributed by atoms with E-state index in [1.165, 1.54) is 7.11 Å². The second-order valence-electron chi connectivity index (χ2n) is 13.4. The molecule has 1 aromatic rings. The fourth-order valence-corrected chi connectivity index (χ4v) is 7.84. The predicted octanol–water partition coefficient (Wildman–Crippen LogP) is 3.47. The van der Waals surface area contributed by atoms with Crippen LogP contribution in [-0.4, -0.2) is 102 Å². The van der Waals surface area contributed by atoms with Crippen LogP contribution >= 0.6 is 0 Å². The van der Waals surface area contributed by atoms with Gasteiger partial charge in [0.05, 0.1) is 24.7 Å². The number of unbranched alkanes of at least 4 members (excludes halogenated alkanes) is 3. The average molecular weight is 666 g/mol. The summed E-state index contributed by atoms with van der Waals surface area (Å²) in [6.07, 6.45) is 11.0. The van der Waals surface area contributed by atoms with Gasteiger partial charge in [-0.3, -0.25) is 19.2 Å². The number of esters is 1. The van der Waals surface area contributed by atoms with Crippen molar-refractivity contribution in [2.45, 2.75) is 101 Å². The van der Waals surface area contributed by atoms with E-state index in [9.17, 15) is 24.3 Å². The van der Waals surface area contributed by atoms with Crippen molar-refractivity contribution in [2.24, 2.45) is 11.8 Å². The lowest BCUT2D eigenvalue weighted by atomic mass is 9.74. The minimum absolute atomic E-state index is 0.0934. The molecule has 1 unspecified atom stereocenters. The maximum atomic E-state index is 14.8. The molecule has 8 atom stereocenters. The van der Waals surface area contributed by atoms with Gasteiger partial charge in [0.25, 0.3) is 0 Å². The first kappa shape index (κ1) is 35.8. The maximum Gasteiger partial charge on any atom is 0.313 e. The molecule has 5 rings (SSSR count). The predicted molar refractivity (Wildman–Crippen MR) is 178 cm³/mol. The minimum Gasteiger partial charge on any atom is -0.455 e. The fraction of sp³-hybridized carbons (Fsp3) is 0.622. The van der Waals surface area contributed by atoms with Gasteiger partial charge in [-0.25, -0.2) is 0 Å². The quantitative estimate of drug-likeness (QED) is 0.197. The number of amides is 3. The Balaban J connectivity index is 1.56. The summed E-state index contributed by atoms with van der Waals surface area (Å²) in [5, 5.41) is 12.3. The van der Waals surface area contributed by atoms with Crippen LogP contribution in [0.5, 0.6) is 0 Å². The summed E-state index contributed by atoms with van der Waals surface area (Å²) in [5.74, 6) is -3.25. The number of carbonyl (C=O) groups is 4. The van der Waals surface area contributed by atoms with Crippen LogP contribution in [0.2, 0.25) is 0 Å². The van der Waals surface area contributed by atoms with Gasteiger partial charge < -0.3 is 34.4 Å². The molecular weight excluding hydrogens is 614 g/mol. The number of rotatable bonds is 12. The number of aliphatic hydroxyl groups excluding tert-OH is 1. The number of nitrogens with zero attached hydrogens (tertiary/aromatic N) is 2. The molecule has 4 aliphatic heterocycles. The number of methoxy groups -OCH3 is 1. The van der Waals surface area contributed by atoms with Gasteiger partial charge in [-0.15, -0.1) is 0 Å². The zero-order valence-electron chi connectivity index (χ0n) is 28.4. The first-order valence-electron chi connectivity index (χ1n) is 17.5. The molecule has 0 radical (unpaired) electrons. The number of ether oxygens (including phenoxy) is 3. The lowest BCUT2D eigenvalue weighted by Crippen LogP contribution is -2.57. The van der Waals surface area contributed by atoms with E-state index in [4.69, 9.17) is 14.2 Å². The van der Waals surface area contributed by atoms with Crippen LogP contribution in [0.15, 0.2) is 54.6 Å². The molecule has 5 bridgehead atoms. The Hall–Kier alpha value is -3.54. The third-order valence-corrected chi connectivity index (χ3v) is 10.1. The summed E-state index contributed by atoms with van der Waals surface area (Å²) in [6.45, 7) is 4.94. The van der Waals surface area contributed by atoms with Crippen molar-refractivity contribution in [3.63, 3.8) is 0 Å². The Morgan fingerprint density at radius 2 is 1.83 bits per heavy atom. The Morgan fingerprint density at radius 3 is 2.56 bits per heavy atom. The molecule has 11 nitrogen and oxygen atoms in total. The summed E-state index contributed by atoms with van der Waals surface area (Å²) in [4.78, 5) is 60.2. The van der Waals surface area contributed by atoms with Crippen LogP contribution in [0, 0.1) is 11.8 Å². The number of carbonyl (C=O) groups excluding carboxylic acids is 4. The van der Waals surface area contributed by atoms with E-state index in [2.05, 4.69) is 12.2 Å². The number of allylic oxidation sites excluding steroid dienone is 1. The Bertz CT molecular complexity index is 1350. The highest BCUT2D eigenvalue weighted by Crippen LogP contribution is 2.56. The molecular formula is C37H51N3O8. The topological polar surface area (TPSA) is 135 Å². The zero-order chi connectivity index (χ0) is 34.3. The molecule has 1 spiro atoms. The molecule has 1 aromatic carbocycles. The molecule has 2 N–H and O–H groups in total. The van der Waals surface area contributed by atoms with E-state index in [-0.39, 0.29) is 43.4 Å². The van der Waals surface area contributed by atoms with E-state index in [1.54, 1.807) is 11.0 Å². The molecule has 0 aromatic heterocycles. The van der Waals surface area contributed by atoms with Crippen molar-refractivity contribution in [3.8, 4) is 0 Å². The van der Waals surface area contributed by atoms with Crippen LogP contribution in [0.3, 0.4) is 0 Å². The molecule has 0 saturated carbocycles. The number of aliphatic hydroxyl groups is 1. The highest BCUT2D eigenvalue weighted by atomic mass is 16.6. The molecule has 3 amide bonds. The first-order chi connectivity index (χ1) is 23.3. The molecule has 4 heterocycles. The number of cyclic esters (lactones) is 1. The van der Waals surface area contributed by atoms with E-state index >= 15 is 0 Å². The molecule has 0 aliphatic carbocycles. The highest BCUT2D eigenvalue weighted by molar-refractivity contribution is 5.99. The number of hydrogen-bond donors (Lipinski definition) is 2. The smallest absolute Gasteiger partial charge is 0.313 e. The fourth-order valence-electron chi connectivity index (χ4n) is 7.84. The van der Waals surface area contributed by atoms with Gasteiger partial charge in [0.2, 0.25) is 17.7 Å². The normalized spacial score (nSPS) is 31.9. The van der Waals surface area contributed by atoms with Gasteiger partial charge in [0.1, 0.15) is 23.7 Å². The van der Waals surface area contributed by atoms with Crippen molar-refractivity contribution >= 4 is 23.7 Å².